The Morgan fingerprint density at radius 1 is 1.37 bits per heavy atom. The molecular formula is C14H22BrN3O. The van der Waals surface area contributed by atoms with Crippen LogP contribution < -0.4 is 5.73 Å². The fourth-order valence-corrected chi connectivity index (χ4v) is 2.52. The molecule has 0 aliphatic heterocycles. The van der Waals surface area contributed by atoms with Crippen LogP contribution in [0.5, 0.6) is 0 Å². The van der Waals surface area contributed by atoms with Crippen LogP contribution in [0.1, 0.15) is 18.5 Å². The summed E-state index contributed by atoms with van der Waals surface area (Å²) in [5.41, 5.74) is 7.04. The van der Waals surface area contributed by atoms with Crippen LogP contribution in [0.4, 0.5) is 0 Å². The lowest BCUT2D eigenvalue weighted by molar-refractivity contribution is -0.130. The van der Waals surface area contributed by atoms with Gasteiger partial charge in [-0.2, -0.15) is 0 Å². The molecule has 1 amide bonds. The summed E-state index contributed by atoms with van der Waals surface area (Å²) in [4.78, 5) is 15.6. The Balaban J connectivity index is 2.93. The lowest BCUT2D eigenvalue weighted by Gasteiger charge is -2.31. The molecule has 1 unspecified atom stereocenters. The standard InChI is InChI=1S/C14H22BrN3O/c1-4-18(10-14(19)17(2)3)13(9-16)11-7-5-6-8-12(11)15/h5-8,13H,4,9-10,16H2,1-3H3. The number of carbonyl (C=O) groups excluding carboxylic acids is 1. The molecule has 0 heterocycles. The molecule has 0 saturated carbocycles. The second-order valence-electron chi connectivity index (χ2n) is 4.62. The van der Waals surface area contributed by atoms with Crippen LogP contribution >= 0.6 is 15.9 Å². The molecule has 1 rings (SSSR count). The third-order valence-corrected chi connectivity index (χ3v) is 3.89. The number of hydrogen-bond donors (Lipinski definition) is 1. The van der Waals surface area contributed by atoms with Gasteiger partial charge < -0.3 is 10.6 Å². The van der Waals surface area contributed by atoms with Crippen molar-refractivity contribution >= 4 is 21.8 Å². The van der Waals surface area contributed by atoms with Gasteiger partial charge in [-0.05, 0) is 18.2 Å². The Hall–Kier alpha value is -0.910. The van der Waals surface area contributed by atoms with Crippen molar-refractivity contribution in [1.29, 1.82) is 0 Å². The highest BCUT2D eigenvalue weighted by Gasteiger charge is 2.22. The predicted octanol–water partition coefficient (Wildman–Crippen LogP) is 1.86. The molecule has 0 radical (unpaired) electrons. The molecule has 5 heteroatoms. The summed E-state index contributed by atoms with van der Waals surface area (Å²) in [5.74, 6) is 0.0901. The molecule has 2 N–H and O–H groups in total. The first-order valence-electron chi connectivity index (χ1n) is 6.39. The lowest BCUT2D eigenvalue weighted by atomic mass is 10.1. The molecule has 0 aliphatic carbocycles. The Morgan fingerprint density at radius 3 is 2.47 bits per heavy atom. The van der Waals surface area contributed by atoms with Gasteiger partial charge in [-0.1, -0.05) is 41.1 Å². The van der Waals surface area contributed by atoms with Gasteiger partial charge in [0, 0.05) is 31.2 Å². The summed E-state index contributed by atoms with van der Waals surface area (Å²) >= 11 is 3.55. The second kappa shape index (κ2) is 7.62. The van der Waals surface area contributed by atoms with Gasteiger partial charge in [0.05, 0.1) is 6.54 Å². The Bertz CT molecular complexity index is 423. The minimum absolute atomic E-state index is 0.0458. The van der Waals surface area contributed by atoms with E-state index in [4.69, 9.17) is 5.73 Å². The number of nitrogens with two attached hydrogens (primary N) is 1. The maximum atomic E-state index is 11.9. The van der Waals surface area contributed by atoms with Crippen molar-refractivity contribution in [3.05, 3.63) is 34.3 Å². The van der Waals surface area contributed by atoms with Crippen LogP contribution in [0.3, 0.4) is 0 Å². The molecule has 0 saturated heterocycles. The van der Waals surface area contributed by atoms with Crippen LogP contribution in [0.15, 0.2) is 28.7 Å². The lowest BCUT2D eigenvalue weighted by Crippen LogP contribution is -2.41. The number of carbonyl (C=O) groups is 1. The highest BCUT2D eigenvalue weighted by Crippen LogP contribution is 2.26. The zero-order chi connectivity index (χ0) is 14.4. The number of halogens is 1. The van der Waals surface area contributed by atoms with E-state index in [1.165, 1.54) is 0 Å². The summed E-state index contributed by atoms with van der Waals surface area (Å²) in [5, 5.41) is 0. The van der Waals surface area contributed by atoms with E-state index in [0.29, 0.717) is 13.1 Å². The highest BCUT2D eigenvalue weighted by atomic mass is 79.9. The second-order valence-corrected chi connectivity index (χ2v) is 5.48. The first-order valence-corrected chi connectivity index (χ1v) is 7.19. The molecule has 19 heavy (non-hydrogen) atoms. The van der Waals surface area contributed by atoms with Crippen molar-refractivity contribution in [3.63, 3.8) is 0 Å². The van der Waals surface area contributed by atoms with E-state index in [-0.39, 0.29) is 11.9 Å². The predicted molar refractivity (Wildman–Crippen MR) is 81.9 cm³/mol. The molecule has 0 fully saturated rings. The van der Waals surface area contributed by atoms with Crippen LogP contribution in [-0.2, 0) is 4.79 Å². The molecular weight excluding hydrogens is 306 g/mol. The average Bonchev–Trinajstić information content (AvgIpc) is 2.39. The molecule has 1 aromatic carbocycles. The first kappa shape index (κ1) is 16.1. The molecule has 0 aliphatic rings. The Kier molecular flexibility index (Phi) is 6.48. The minimum Gasteiger partial charge on any atom is -0.348 e. The zero-order valence-corrected chi connectivity index (χ0v) is 13.4. The summed E-state index contributed by atoms with van der Waals surface area (Å²) in [6.07, 6.45) is 0. The van der Waals surface area contributed by atoms with Crippen LogP contribution in [-0.4, -0.2) is 49.4 Å². The van der Waals surface area contributed by atoms with Gasteiger partial charge >= 0.3 is 0 Å². The molecule has 4 nitrogen and oxygen atoms in total. The summed E-state index contributed by atoms with van der Waals surface area (Å²) in [6.45, 7) is 3.69. The van der Waals surface area contributed by atoms with Crippen molar-refractivity contribution < 1.29 is 4.79 Å². The number of rotatable bonds is 6. The van der Waals surface area contributed by atoms with Gasteiger partial charge in [-0.3, -0.25) is 9.69 Å². The molecule has 1 atom stereocenters. The molecule has 0 spiro atoms. The maximum Gasteiger partial charge on any atom is 0.236 e. The van der Waals surface area contributed by atoms with E-state index in [1.54, 1.807) is 19.0 Å². The van der Waals surface area contributed by atoms with E-state index in [0.717, 1.165) is 16.6 Å². The van der Waals surface area contributed by atoms with Gasteiger partial charge in [0.15, 0.2) is 0 Å². The fraction of sp³-hybridized carbons (Fsp3) is 0.500. The third-order valence-electron chi connectivity index (χ3n) is 3.17. The Morgan fingerprint density at radius 2 is 2.00 bits per heavy atom. The van der Waals surface area contributed by atoms with Crippen molar-refractivity contribution in [2.24, 2.45) is 5.73 Å². The van der Waals surface area contributed by atoms with Crippen molar-refractivity contribution in [2.75, 3.05) is 33.7 Å². The van der Waals surface area contributed by atoms with E-state index in [9.17, 15) is 4.79 Å². The molecule has 0 aromatic heterocycles. The minimum atomic E-state index is 0.0458. The monoisotopic (exact) mass is 327 g/mol. The molecule has 0 bridgehead atoms. The van der Waals surface area contributed by atoms with Gasteiger partial charge in [0.25, 0.3) is 0 Å². The number of benzene rings is 1. The van der Waals surface area contributed by atoms with Crippen molar-refractivity contribution in [1.82, 2.24) is 9.80 Å². The first-order chi connectivity index (χ1) is 9.01. The maximum absolute atomic E-state index is 11.9. The third kappa shape index (κ3) is 4.30. The van der Waals surface area contributed by atoms with Crippen LogP contribution in [0, 0.1) is 0 Å². The van der Waals surface area contributed by atoms with E-state index in [1.807, 2.05) is 31.2 Å². The van der Waals surface area contributed by atoms with Gasteiger partial charge in [0.2, 0.25) is 5.91 Å². The van der Waals surface area contributed by atoms with Crippen molar-refractivity contribution in [2.45, 2.75) is 13.0 Å². The largest absolute Gasteiger partial charge is 0.348 e. The topological polar surface area (TPSA) is 49.6 Å². The number of amides is 1. The van der Waals surface area contributed by atoms with Gasteiger partial charge in [-0.25, -0.2) is 0 Å². The highest BCUT2D eigenvalue weighted by molar-refractivity contribution is 9.10. The summed E-state index contributed by atoms with van der Waals surface area (Å²) in [6, 6.07) is 8.06. The normalized spacial score (nSPS) is 12.5. The van der Waals surface area contributed by atoms with E-state index < -0.39 is 0 Å². The molecule has 106 valence electrons. The SMILES string of the molecule is CCN(CC(=O)N(C)C)C(CN)c1ccccc1Br. The average molecular weight is 328 g/mol. The van der Waals surface area contributed by atoms with Crippen LogP contribution in [0.2, 0.25) is 0 Å². The van der Waals surface area contributed by atoms with Gasteiger partial charge in [0.1, 0.15) is 0 Å². The van der Waals surface area contributed by atoms with E-state index >= 15 is 0 Å². The van der Waals surface area contributed by atoms with Crippen molar-refractivity contribution in [3.8, 4) is 0 Å². The summed E-state index contributed by atoms with van der Waals surface area (Å²) < 4.78 is 1.03. The zero-order valence-electron chi connectivity index (χ0n) is 11.8. The van der Waals surface area contributed by atoms with Crippen LogP contribution in [0.25, 0.3) is 0 Å². The number of likely N-dealkylation sites (N-methyl/N-ethyl adjacent to an activating group) is 2. The Labute approximate surface area is 123 Å². The quantitative estimate of drug-likeness (QED) is 0.867. The van der Waals surface area contributed by atoms with Gasteiger partial charge in [-0.15, -0.1) is 0 Å². The number of hydrogen-bond acceptors (Lipinski definition) is 3. The summed E-state index contributed by atoms with van der Waals surface area (Å²) in [7, 11) is 3.54. The smallest absolute Gasteiger partial charge is 0.236 e. The fourth-order valence-electron chi connectivity index (χ4n) is 1.98. The number of nitrogens with zero attached hydrogens (tertiary/aromatic N) is 2. The van der Waals surface area contributed by atoms with E-state index in [2.05, 4.69) is 20.8 Å². The molecule has 1 aromatic rings.